The second-order valence-electron chi connectivity index (χ2n) is 3.36. The van der Waals surface area contributed by atoms with Gasteiger partial charge in [-0.05, 0) is 24.3 Å². The Morgan fingerprint density at radius 2 is 1.76 bits per heavy atom. The van der Waals surface area contributed by atoms with Gasteiger partial charge in [0.1, 0.15) is 19.0 Å². The van der Waals surface area contributed by atoms with Gasteiger partial charge in [0.2, 0.25) is 0 Å². The van der Waals surface area contributed by atoms with Crippen molar-refractivity contribution in [1.82, 2.24) is 4.31 Å². The largest absolute Gasteiger partial charge is 0.491 e. The van der Waals surface area contributed by atoms with Gasteiger partial charge in [-0.3, -0.25) is 4.18 Å². The van der Waals surface area contributed by atoms with E-state index in [1.165, 1.54) is 14.1 Å². The second kappa shape index (κ2) is 6.20. The lowest BCUT2D eigenvalue weighted by atomic mass is 10.3. The van der Waals surface area contributed by atoms with Crippen LogP contribution < -0.4 is 4.74 Å². The highest BCUT2D eigenvalue weighted by Crippen LogP contribution is 2.15. The van der Waals surface area contributed by atoms with E-state index in [9.17, 15) is 8.42 Å². The quantitative estimate of drug-likeness (QED) is 0.741. The van der Waals surface area contributed by atoms with Gasteiger partial charge in [0.15, 0.2) is 0 Å². The minimum absolute atomic E-state index is 0.0386. The van der Waals surface area contributed by atoms with E-state index < -0.39 is 10.3 Å². The molecular formula is C10H14ClNO4S. The molecule has 1 aromatic rings. The Morgan fingerprint density at radius 1 is 1.18 bits per heavy atom. The lowest BCUT2D eigenvalue weighted by Gasteiger charge is -2.11. The van der Waals surface area contributed by atoms with Crippen LogP contribution in [0.2, 0.25) is 5.02 Å². The first-order valence-electron chi connectivity index (χ1n) is 4.87. The molecule has 96 valence electrons. The predicted molar refractivity (Wildman–Crippen MR) is 65.5 cm³/mol. The molecule has 7 heteroatoms. The Hall–Kier alpha value is -0.820. The van der Waals surface area contributed by atoms with E-state index in [4.69, 9.17) is 16.3 Å². The molecule has 0 aliphatic carbocycles. The first-order valence-corrected chi connectivity index (χ1v) is 6.61. The number of benzene rings is 1. The van der Waals surface area contributed by atoms with Gasteiger partial charge >= 0.3 is 10.3 Å². The molecule has 0 radical (unpaired) electrons. The summed E-state index contributed by atoms with van der Waals surface area (Å²) in [6.45, 7) is 0.109. The highest BCUT2D eigenvalue weighted by atomic mass is 35.5. The van der Waals surface area contributed by atoms with Crippen LogP contribution in [0.3, 0.4) is 0 Å². The third kappa shape index (κ3) is 4.91. The molecule has 0 saturated carbocycles. The number of halogens is 1. The van der Waals surface area contributed by atoms with Crippen molar-refractivity contribution in [1.29, 1.82) is 0 Å². The van der Waals surface area contributed by atoms with Crippen molar-refractivity contribution in [2.45, 2.75) is 0 Å². The van der Waals surface area contributed by atoms with Crippen LogP contribution in [0.4, 0.5) is 0 Å². The minimum atomic E-state index is -3.63. The Morgan fingerprint density at radius 3 is 2.29 bits per heavy atom. The summed E-state index contributed by atoms with van der Waals surface area (Å²) in [6, 6.07) is 6.77. The molecule has 0 unspecified atom stereocenters. The van der Waals surface area contributed by atoms with E-state index in [1.807, 2.05) is 0 Å². The monoisotopic (exact) mass is 279 g/mol. The summed E-state index contributed by atoms with van der Waals surface area (Å²) in [5.41, 5.74) is 0. The van der Waals surface area contributed by atoms with Crippen molar-refractivity contribution >= 4 is 21.9 Å². The second-order valence-corrected chi connectivity index (χ2v) is 5.62. The van der Waals surface area contributed by atoms with Gasteiger partial charge in [0.05, 0.1) is 0 Å². The molecule has 0 aliphatic heterocycles. The van der Waals surface area contributed by atoms with E-state index in [0.717, 1.165) is 4.31 Å². The Balaban J connectivity index is 2.32. The summed E-state index contributed by atoms with van der Waals surface area (Å²) < 4.78 is 33.4. The maximum atomic E-state index is 11.2. The predicted octanol–water partition coefficient (Wildman–Crippen LogP) is 1.54. The molecule has 5 nitrogen and oxygen atoms in total. The maximum Gasteiger partial charge on any atom is 0.337 e. The molecule has 0 aliphatic rings. The van der Waals surface area contributed by atoms with Gasteiger partial charge in [0, 0.05) is 19.1 Å². The highest BCUT2D eigenvalue weighted by Gasteiger charge is 2.13. The van der Waals surface area contributed by atoms with Gasteiger partial charge in [0.25, 0.3) is 0 Å². The SMILES string of the molecule is CN(C)S(=O)(=O)OCCOc1ccc(Cl)cc1. The minimum Gasteiger partial charge on any atom is -0.491 e. The van der Waals surface area contributed by atoms with Gasteiger partial charge in [-0.15, -0.1) is 0 Å². The Bertz CT molecular complexity index is 444. The van der Waals surface area contributed by atoms with E-state index in [2.05, 4.69) is 4.18 Å². The Kier molecular flexibility index (Phi) is 5.20. The normalized spacial score (nSPS) is 11.8. The van der Waals surface area contributed by atoms with Crippen molar-refractivity contribution in [3.05, 3.63) is 29.3 Å². The average molecular weight is 280 g/mol. The Labute approximate surface area is 106 Å². The maximum absolute atomic E-state index is 11.2. The van der Waals surface area contributed by atoms with E-state index in [0.29, 0.717) is 10.8 Å². The summed E-state index contributed by atoms with van der Waals surface area (Å²) in [4.78, 5) is 0. The van der Waals surface area contributed by atoms with Crippen LogP contribution >= 0.6 is 11.6 Å². The fourth-order valence-corrected chi connectivity index (χ4v) is 1.55. The molecular weight excluding hydrogens is 266 g/mol. The van der Waals surface area contributed by atoms with Gasteiger partial charge in [-0.2, -0.15) is 12.7 Å². The zero-order valence-electron chi connectivity index (χ0n) is 9.59. The van der Waals surface area contributed by atoms with Crippen LogP contribution in [0, 0.1) is 0 Å². The molecule has 1 rings (SSSR count). The number of hydrogen-bond donors (Lipinski definition) is 0. The van der Waals surface area contributed by atoms with Gasteiger partial charge in [-0.25, -0.2) is 0 Å². The number of rotatable bonds is 6. The number of ether oxygens (including phenoxy) is 1. The average Bonchev–Trinajstić information content (AvgIpc) is 2.26. The van der Waals surface area contributed by atoms with E-state index in [-0.39, 0.29) is 13.2 Å². The highest BCUT2D eigenvalue weighted by molar-refractivity contribution is 7.84. The molecule has 0 atom stereocenters. The number of hydrogen-bond acceptors (Lipinski definition) is 4. The smallest absolute Gasteiger partial charge is 0.337 e. The molecule has 0 fully saturated rings. The third-order valence-electron chi connectivity index (χ3n) is 1.85. The molecule has 0 spiro atoms. The molecule has 0 N–H and O–H groups in total. The lowest BCUT2D eigenvalue weighted by molar-refractivity contribution is 0.210. The van der Waals surface area contributed by atoms with Crippen LogP contribution in [0.5, 0.6) is 5.75 Å². The first kappa shape index (κ1) is 14.2. The van der Waals surface area contributed by atoms with E-state index >= 15 is 0 Å². The van der Waals surface area contributed by atoms with Crippen LogP contribution in [-0.2, 0) is 14.5 Å². The van der Waals surface area contributed by atoms with Crippen LogP contribution in [-0.4, -0.2) is 40.0 Å². The zero-order valence-corrected chi connectivity index (χ0v) is 11.2. The van der Waals surface area contributed by atoms with Crippen LogP contribution in [0.25, 0.3) is 0 Å². The van der Waals surface area contributed by atoms with E-state index in [1.54, 1.807) is 24.3 Å². The van der Waals surface area contributed by atoms with Crippen molar-refractivity contribution in [3.63, 3.8) is 0 Å². The standard InChI is InChI=1S/C10H14ClNO4S/c1-12(2)17(13,14)16-8-7-15-10-5-3-9(11)4-6-10/h3-6H,7-8H2,1-2H3. The molecule has 0 heterocycles. The summed E-state index contributed by atoms with van der Waals surface area (Å²) in [5.74, 6) is 0.611. The molecule has 1 aromatic carbocycles. The van der Waals surface area contributed by atoms with Gasteiger partial charge in [-0.1, -0.05) is 11.6 Å². The summed E-state index contributed by atoms with van der Waals surface area (Å²) >= 11 is 5.70. The van der Waals surface area contributed by atoms with Crippen molar-refractivity contribution in [2.24, 2.45) is 0 Å². The summed E-state index contributed by atoms with van der Waals surface area (Å²) in [7, 11) is -0.831. The third-order valence-corrected chi connectivity index (χ3v) is 3.46. The van der Waals surface area contributed by atoms with Crippen molar-refractivity contribution in [3.8, 4) is 5.75 Å². The van der Waals surface area contributed by atoms with Crippen LogP contribution in [0.15, 0.2) is 24.3 Å². The molecule has 0 amide bonds. The van der Waals surface area contributed by atoms with Gasteiger partial charge < -0.3 is 4.74 Å². The first-order chi connectivity index (χ1) is 7.92. The molecule has 0 bridgehead atoms. The molecule has 0 saturated heterocycles. The number of nitrogens with zero attached hydrogens (tertiary/aromatic N) is 1. The zero-order chi connectivity index (χ0) is 12.9. The van der Waals surface area contributed by atoms with Crippen molar-refractivity contribution in [2.75, 3.05) is 27.3 Å². The molecule has 17 heavy (non-hydrogen) atoms. The van der Waals surface area contributed by atoms with Crippen molar-refractivity contribution < 1.29 is 17.3 Å². The lowest BCUT2D eigenvalue weighted by Crippen LogP contribution is -2.26. The fraction of sp³-hybridized carbons (Fsp3) is 0.400. The molecule has 0 aromatic heterocycles. The topological polar surface area (TPSA) is 55.8 Å². The summed E-state index contributed by atoms with van der Waals surface area (Å²) in [6.07, 6.45) is 0. The van der Waals surface area contributed by atoms with Crippen LogP contribution in [0.1, 0.15) is 0 Å². The fourth-order valence-electron chi connectivity index (χ4n) is 0.935. The summed E-state index contributed by atoms with van der Waals surface area (Å²) in [5, 5.41) is 0.615.